The first-order valence-electron chi connectivity index (χ1n) is 6.64. The molecule has 0 radical (unpaired) electrons. The molecule has 0 aliphatic carbocycles. The number of rotatable bonds is 4. The molecule has 0 fully saturated rings. The monoisotopic (exact) mass is 268 g/mol. The van der Waals surface area contributed by atoms with Gasteiger partial charge in [0.15, 0.2) is 5.78 Å². The smallest absolute Gasteiger partial charge is 0.193 e. The Balaban J connectivity index is 2.17. The van der Waals surface area contributed by atoms with Crippen molar-refractivity contribution in [3.05, 3.63) is 71.3 Å². The van der Waals surface area contributed by atoms with E-state index in [9.17, 15) is 4.79 Å². The van der Waals surface area contributed by atoms with E-state index in [2.05, 4.69) is 31.8 Å². The van der Waals surface area contributed by atoms with Crippen LogP contribution in [-0.4, -0.2) is 13.9 Å². The van der Waals surface area contributed by atoms with Crippen molar-refractivity contribution in [1.29, 1.82) is 0 Å². The Labute approximate surface area is 116 Å². The largest absolute Gasteiger partial charge is 0.289 e. The van der Waals surface area contributed by atoms with Crippen LogP contribution < -0.4 is 0 Å². The second-order valence-electron chi connectivity index (χ2n) is 6.13. The van der Waals surface area contributed by atoms with E-state index in [1.807, 2.05) is 42.5 Å². The van der Waals surface area contributed by atoms with Crippen LogP contribution in [-0.2, 0) is 6.04 Å². The Morgan fingerprint density at radius 3 is 1.89 bits per heavy atom. The molecule has 0 bridgehead atoms. The molecule has 0 aliphatic heterocycles. The van der Waals surface area contributed by atoms with Gasteiger partial charge in [-0.05, 0) is 6.04 Å². The van der Waals surface area contributed by atoms with Gasteiger partial charge in [0.25, 0.3) is 0 Å². The fraction of sp³-hybridized carbons (Fsp3) is 0.235. The standard InChI is InChI=1S/C17H20OSi/c1-19(2,3)13-14-9-11-16(12-10-14)17(18)15-7-5-4-6-8-15/h4-12H,13H2,1-3H3. The number of hydrogen-bond donors (Lipinski definition) is 0. The maximum Gasteiger partial charge on any atom is 0.193 e. The quantitative estimate of drug-likeness (QED) is 0.595. The topological polar surface area (TPSA) is 17.1 Å². The van der Waals surface area contributed by atoms with Crippen molar-refractivity contribution in [2.45, 2.75) is 25.7 Å². The Morgan fingerprint density at radius 2 is 1.37 bits per heavy atom. The molecule has 2 aromatic rings. The fourth-order valence-electron chi connectivity index (χ4n) is 2.14. The number of carbonyl (C=O) groups is 1. The second kappa shape index (κ2) is 5.53. The number of carbonyl (C=O) groups excluding carboxylic acids is 1. The highest BCUT2D eigenvalue weighted by Crippen LogP contribution is 2.15. The van der Waals surface area contributed by atoms with Crippen LogP contribution in [0.4, 0.5) is 0 Å². The van der Waals surface area contributed by atoms with Crippen LogP contribution in [0.1, 0.15) is 21.5 Å². The van der Waals surface area contributed by atoms with Crippen LogP contribution in [0.5, 0.6) is 0 Å². The maximum absolute atomic E-state index is 12.3. The van der Waals surface area contributed by atoms with Crippen LogP contribution in [0.2, 0.25) is 19.6 Å². The third kappa shape index (κ3) is 3.90. The summed E-state index contributed by atoms with van der Waals surface area (Å²) >= 11 is 0. The van der Waals surface area contributed by atoms with Gasteiger partial charge in [-0.25, -0.2) is 0 Å². The summed E-state index contributed by atoms with van der Waals surface area (Å²) in [6, 6.07) is 18.7. The lowest BCUT2D eigenvalue weighted by atomic mass is 10.0. The van der Waals surface area contributed by atoms with Crippen molar-refractivity contribution in [2.75, 3.05) is 0 Å². The van der Waals surface area contributed by atoms with E-state index >= 15 is 0 Å². The molecule has 19 heavy (non-hydrogen) atoms. The Bertz CT molecular complexity index is 550. The van der Waals surface area contributed by atoms with Gasteiger partial charge in [-0.1, -0.05) is 79.8 Å². The molecular formula is C17H20OSi. The lowest BCUT2D eigenvalue weighted by molar-refractivity contribution is 0.103. The third-order valence-corrected chi connectivity index (χ3v) is 4.46. The fourth-order valence-corrected chi connectivity index (χ4v) is 3.60. The van der Waals surface area contributed by atoms with E-state index in [0.29, 0.717) is 0 Å². The zero-order valence-corrected chi connectivity index (χ0v) is 12.8. The van der Waals surface area contributed by atoms with Crippen molar-refractivity contribution in [2.24, 2.45) is 0 Å². The van der Waals surface area contributed by atoms with Crippen LogP contribution in [0.15, 0.2) is 54.6 Å². The summed E-state index contributed by atoms with van der Waals surface area (Å²) in [7, 11) is -1.09. The number of ketones is 1. The maximum atomic E-state index is 12.3. The second-order valence-corrected chi connectivity index (χ2v) is 11.6. The first kappa shape index (κ1) is 13.8. The van der Waals surface area contributed by atoms with Gasteiger partial charge in [-0.3, -0.25) is 4.79 Å². The minimum atomic E-state index is -1.09. The van der Waals surface area contributed by atoms with E-state index in [1.54, 1.807) is 0 Å². The highest BCUT2D eigenvalue weighted by atomic mass is 28.3. The summed E-state index contributed by atoms with van der Waals surface area (Å²) in [4.78, 5) is 12.3. The first-order valence-corrected chi connectivity index (χ1v) is 10.4. The molecule has 0 heterocycles. The van der Waals surface area contributed by atoms with Crippen LogP contribution in [0, 0.1) is 0 Å². The highest BCUT2D eigenvalue weighted by Gasteiger charge is 2.14. The molecule has 0 amide bonds. The van der Waals surface area contributed by atoms with Crippen LogP contribution in [0.3, 0.4) is 0 Å². The minimum Gasteiger partial charge on any atom is -0.289 e. The summed E-state index contributed by atoms with van der Waals surface area (Å²) in [5.41, 5.74) is 2.86. The predicted molar refractivity (Wildman–Crippen MR) is 83.4 cm³/mol. The van der Waals surface area contributed by atoms with Crippen LogP contribution >= 0.6 is 0 Å². The third-order valence-electron chi connectivity index (χ3n) is 2.99. The van der Waals surface area contributed by atoms with E-state index in [4.69, 9.17) is 0 Å². The molecule has 0 N–H and O–H groups in total. The lowest BCUT2D eigenvalue weighted by Crippen LogP contribution is -2.23. The van der Waals surface area contributed by atoms with Crippen molar-refractivity contribution in [1.82, 2.24) is 0 Å². The van der Waals surface area contributed by atoms with Gasteiger partial charge < -0.3 is 0 Å². The summed E-state index contributed by atoms with van der Waals surface area (Å²) in [6.07, 6.45) is 0. The molecule has 0 unspecified atom stereocenters. The molecule has 98 valence electrons. The van der Waals surface area contributed by atoms with Gasteiger partial charge in [-0.2, -0.15) is 0 Å². The van der Waals surface area contributed by atoms with Crippen molar-refractivity contribution in [3.63, 3.8) is 0 Å². The molecule has 0 aromatic heterocycles. The summed E-state index contributed by atoms with van der Waals surface area (Å²) in [5.74, 6) is 0.0974. The Hall–Kier alpha value is -1.67. The van der Waals surface area contributed by atoms with E-state index in [1.165, 1.54) is 5.56 Å². The number of benzene rings is 2. The van der Waals surface area contributed by atoms with Gasteiger partial charge in [0, 0.05) is 19.2 Å². The van der Waals surface area contributed by atoms with Gasteiger partial charge in [-0.15, -0.1) is 0 Å². The van der Waals surface area contributed by atoms with E-state index in [0.717, 1.165) is 17.2 Å². The number of hydrogen-bond acceptors (Lipinski definition) is 1. The predicted octanol–water partition coefficient (Wildman–Crippen LogP) is 4.34. The van der Waals surface area contributed by atoms with Crippen LogP contribution in [0.25, 0.3) is 0 Å². The molecule has 2 aromatic carbocycles. The summed E-state index contributed by atoms with van der Waals surface area (Å²) in [5, 5.41) is 0. The van der Waals surface area contributed by atoms with Crippen molar-refractivity contribution >= 4 is 13.9 Å². The SMILES string of the molecule is C[Si](C)(C)Cc1ccc(C(=O)c2ccccc2)cc1. The van der Waals surface area contributed by atoms with E-state index < -0.39 is 8.07 Å². The summed E-state index contributed by atoms with van der Waals surface area (Å²) in [6.45, 7) is 7.07. The molecule has 2 rings (SSSR count). The normalized spacial score (nSPS) is 11.3. The van der Waals surface area contributed by atoms with Gasteiger partial charge >= 0.3 is 0 Å². The lowest BCUT2D eigenvalue weighted by Gasteiger charge is -2.15. The highest BCUT2D eigenvalue weighted by molar-refractivity contribution is 6.75. The first-order chi connectivity index (χ1) is 8.96. The molecule has 0 atom stereocenters. The molecule has 1 nitrogen and oxygen atoms in total. The Kier molecular flexibility index (Phi) is 4.01. The zero-order valence-electron chi connectivity index (χ0n) is 11.8. The zero-order chi connectivity index (χ0) is 13.9. The molecule has 0 saturated heterocycles. The van der Waals surface area contributed by atoms with Crippen molar-refractivity contribution in [3.8, 4) is 0 Å². The van der Waals surface area contributed by atoms with Gasteiger partial charge in [0.1, 0.15) is 0 Å². The molecule has 0 aliphatic rings. The van der Waals surface area contributed by atoms with E-state index in [-0.39, 0.29) is 5.78 Å². The van der Waals surface area contributed by atoms with Gasteiger partial charge in [0.05, 0.1) is 0 Å². The summed E-state index contributed by atoms with van der Waals surface area (Å²) < 4.78 is 0. The average molecular weight is 268 g/mol. The Morgan fingerprint density at radius 1 is 0.842 bits per heavy atom. The molecule has 0 spiro atoms. The van der Waals surface area contributed by atoms with Gasteiger partial charge in [0.2, 0.25) is 0 Å². The molecule has 2 heteroatoms. The minimum absolute atomic E-state index is 0.0974. The van der Waals surface area contributed by atoms with Crippen molar-refractivity contribution < 1.29 is 4.79 Å². The average Bonchev–Trinajstić information content (AvgIpc) is 2.38. The molecule has 0 saturated carbocycles. The molecular weight excluding hydrogens is 248 g/mol.